The second-order valence-electron chi connectivity index (χ2n) is 5.74. The molecular formula is C14H14N4O4S2. The fourth-order valence-electron chi connectivity index (χ4n) is 2.19. The van der Waals surface area contributed by atoms with Crippen molar-refractivity contribution in [3.05, 3.63) is 34.4 Å². The number of nitrogens with zero attached hydrogens (tertiary/aromatic N) is 4. The van der Waals surface area contributed by atoms with Crippen molar-refractivity contribution in [2.75, 3.05) is 0 Å². The second kappa shape index (κ2) is 5.78. The highest BCUT2D eigenvalue weighted by Crippen LogP contribution is 2.39. The zero-order valence-corrected chi connectivity index (χ0v) is 14.4. The van der Waals surface area contributed by atoms with Crippen LogP contribution in [-0.4, -0.2) is 28.7 Å². The fourth-order valence-corrected chi connectivity index (χ4v) is 3.94. The standard InChI is InChI=1S/C14H14N4O4S2/c1-8(14-16-12(18-22-14)9-2-3-9)24(19,20)7-11-15-13(17-21-11)10-4-5-23-6-10/h4-6,8-9H,2-3,7H2,1H3/t8-/m0/s1. The summed E-state index contributed by atoms with van der Waals surface area (Å²) in [6.07, 6.45) is 2.04. The van der Waals surface area contributed by atoms with E-state index in [9.17, 15) is 8.42 Å². The summed E-state index contributed by atoms with van der Waals surface area (Å²) in [7, 11) is -3.60. The molecule has 1 saturated carbocycles. The number of sulfone groups is 1. The van der Waals surface area contributed by atoms with Crippen molar-refractivity contribution >= 4 is 21.2 Å². The molecule has 1 aliphatic carbocycles. The number of hydrogen-bond donors (Lipinski definition) is 0. The Morgan fingerprint density at radius 2 is 2.12 bits per heavy atom. The van der Waals surface area contributed by atoms with E-state index in [-0.39, 0.29) is 17.5 Å². The van der Waals surface area contributed by atoms with Gasteiger partial charge in [0.05, 0.1) is 0 Å². The van der Waals surface area contributed by atoms with Gasteiger partial charge in [-0.1, -0.05) is 10.3 Å². The minimum atomic E-state index is -3.60. The highest BCUT2D eigenvalue weighted by molar-refractivity contribution is 7.90. The van der Waals surface area contributed by atoms with Gasteiger partial charge in [0.2, 0.25) is 17.6 Å². The highest BCUT2D eigenvalue weighted by Gasteiger charge is 2.34. The molecule has 1 aliphatic rings. The molecule has 126 valence electrons. The van der Waals surface area contributed by atoms with Crippen molar-refractivity contribution in [1.82, 2.24) is 20.3 Å². The van der Waals surface area contributed by atoms with Crippen LogP contribution in [0.2, 0.25) is 0 Å². The van der Waals surface area contributed by atoms with Gasteiger partial charge in [-0.05, 0) is 31.2 Å². The van der Waals surface area contributed by atoms with Crippen LogP contribution < -0.4 is 0 Å². The highest BCUT2D eigenvalue weighted by atomic mass is 32.2. The third-order valence-corrected chi connectivity index (χ3v) is 6.47. The summed E-state index contributed by atoms with van der Waals surface area (Å²) in [5.74, 6) is 1.06. The number of rotatable bonds is 6. The van der Waals surface area contributed by atoms with Crippen LogP contribution in [0.5, 0.6) is 0 Å². The van der Waals surface area contributed by atoms with Crippen LogP contribution in [0.3, 0.4) is 0 Å². The maximum Gasteiger partial charge on any atom is 0.244 e. The summed E-state index contributed by atoms with van der Waals surface area (Å²) in [6, 6.07) is 1.84. The van der Waals surface area contributed by atoms with Gasteiger partial charge in [-0.15, -0.1) is 0 Å². The molecule has 1 fully saturated rings. The topological polar surface area (TPSA) is 112 Å². The average molecular weight is 366 g/mol. The molecule has 10 heteroatoms. The molecule has 3 heterocycles. The Bertz CT molecular complexity index is 941. The predicted molar refractivity (Wildman–Crippen MR) is 84.9 cm³/mol. The molecule has 3 aromatic rings. The SMILES string of the molecule is C[C@@H](c1nc(C2CC2)no1)S(=O)(=O)Cc1nc(-c2ccsc2)no1. The van der Waals surface area contributed by atoms with Crippen LogP contribution in [-0.2, 0) is 15.6 Å². The normalized spacial score (nSPS) is 16.4. The maximum atomic E-state index is 12.5. The maximum absolute atomic E-state index is 12.5. The van der Waals surface area contributed by atoms with Gasteiger partial charge in [0.1, 0.15) is 11.0 Å². The van der Waals surface area contributed by atoms with Crippen LogP contribution in [0.1, 0.15) is 48.5 Å². The van der Waals surface area contributed by atoms with Crippen molar-refractivity contribution in [3.8, 4) is 11.4 Å². The number of hydrogen-bond acceptors (Lipinski definition) is 9. The van der Waals surface area contributed by atoms with Crippen LogP contribution in [0.25, 0.3) is 11.4 Å². The van der Waals surface area contributed by atoms with Gasteiger partial charge >= 0.3 is 0 Å². The molecule has 1 atom stereocenters. The molecular weight excluding hydrogens is 352 g/mol. The molecule has 8 nitrogen and oxygen atoms in total. The third kappa shape index (κ3) is 2.98. The van der Waals surface area contributed by atoms with Crippen LogP contribution in [0, 0.1) is 0 Å². The lowest BCUT2D eigenvalue weighted by atomic mass is 10.3. The lowest BCUT2D eigenvalue weighted by Crippen LogP contribution is -2.13. The van der Waals surface area contributed by atoms with Gasteiger partial charge in [-0.2, -0.15) is 21.3 Å². The molecule has 0 aliphatic heterocycles. The summed E-state index contributed by atoms with van der Waals surface area (Å²) >= 11 is 1.50. The van der Waals surface area contributed by atoms with Gasteiger partial charge in [0.25, 0.3) is 0 Å². The summed E-state index contributed by atoms with van der Waals surface area (Å²) in [5, 5.41) is 10.5. The van der Waals surface area contributed by atoms with E-state index in [1.54, 1.807) is 0 Å². The summed E-state index contributed by atoms with van der Waals surface area (Å²) in [5.41, 5.74) is 0.798. The quantitative estimate of drug-likeness (QED) is 0.654. The van der Waals surface area contributed by atoms with Crippen LogP contribution in [0.15, 0.2) is 25.9 Å². The van der Waals surface area contributed by atoms with Gasteiger partial charge in [-0.25, -0.2) is 8.42 Å². The largest absolute Gasteiger partial charge is 0.338 e. The minimum absolute atomic E-state index is 0.0463. The summed E-state index contributed by atoms with van der Waals surface area (Å²) in [4.78, 5) is 8.34. The van der Waals surface area contributed by atoms with Gasteiger partial charge in [0.15, 0.2) is 15.7 Å². The summed E-state index contributed by atoms with van der Waals surface area (Å²) in [6.45, 7) is 1.52. The Kier molecular flexibility index (Phi) is 3.72. The Morgan fingerprint density at radius 1 is 1.29 bits per heavy atom. The van der Waals surface area contributed by atoms with Gasteiger partial charge in [-0.3, -0.25) is 0 Å². The van der Waals surface area contributed by atoms with E-state index < -0.39 is 15.1 Å². The Morgan fingerprint density at radius 3 is 2.83 bits per heavy atom. The second-order valence-corrected chi connectivity index (χ2v) is 8.84. The lowest BCUT2D eigenvalue weighted by Gasteiger charge is -2.05. The Hall–Kier alpha value is -2.07. The molecule has 0 N–H and O–H groups in total. The molecule has 4 rings (SSSR count). The smallest absolute Gasteiger partial charge is 0.244 e. The first-order valence-electron chi connectivity index (χ1n) is 7.43. The Labute approximate surface area is 141 Å². The molecule has 24 heavy (non-hydrogen) atoms. The third-order valence-electron chi connectivity index (χ3n) is 3.86. The van der Waals surface area contributed by atoms with Gasteiger partial charge in [0, 0.05) is 16.9 Å². The van der Waals surface area contributed by atoms with Crippen molar-refractivity contribution in [3.63, 3.8) is 0 Å². The monoisotopic (exact) mass is 366 g/mol. The zero-order chi connectivity index (χ0) is 16.7. The van der Waals surface area contributed by atoms with Gasteiger partial charge < -0.3 is 9.05 Å². The Balaban J connectivity index is 1.51. The first kappa shape index (κ1) is 15.5. The zero-order valence-electron chi connectivity index (χ0n) is 12.7. The minimum Gasteiger partial charge on any atom is -0.338 e. The molecule has 0 amide bonds. The van der Waals surface area contributed by atoms with E-state index in [2.05, 4.69) is 20.3 Å². The fraction of sp³-hybridized carbons (Fsp3) is 0.429. The van der Waals surface area contributed by atoms with Crippen molar-refractivity contribution in [2.24, 2.45) is 0 Å². The van der Waals surface area contributed by atoms with E-state index >= 15 is 0 Å². The number of thiophene rings is 1. The predicted octanol–water partition coefficient (Wildman–Crippen LogP) is 2.73. The van der Waals surface area contributed by atoms with E-state index in [1.165, 1.54) is 18.3 Å². The molecule has 0 unspecified atom stereocenters. The molecule has 0 bridgehead atoms. The van der Waals surface area contributed by atoms with Crippen molar-refractivity contribution < 1.29 is 17.5 Å². The van der Waals surface area contributed by atoms with Crippen LogP contribution in [0.4, 0.5) is 0 Å². The van der Waals surface area contributed by atoms with E-state index in [0.717, 1.165) is 18.4 Å². The molecule has 0 saturated heterocycles. The molecule has 0 radical (unpaired) electrons. The first-order chi connectivity index (χ1) is 11.5. The van der Waals surface area contributed by atoms with E-state index in [4.69, 9.17) is 9.05 Å². The van der Waals surface area contributed by atoms with E-state index in [1.807, 2.05) is 16.8 Å². The lowest BCUT2D eigenvalue weighted by molar-refractivity contribution is 0.369. The first-order valence-corrected chi connectivity index (χ1v) is 10.1. The number of aromatic nitrogens is 4. The summed E-state index contributed by atoms with van der Waals surface area (Å²) < 4.78 is 35.2. The molecule has 0 spiro atoms. The van der Waals surface area contributed by atoms with Crippen molar-refractivity contribution in [2.45, 2.75) is 36.7 Å². The average Bonchev–Trinajstić information content (AvgIpc) is 3.01. The molecule has 0 aromatic carbocycles. The van der Waals surface area contributed by atoms with Crippen molar-refractivity contribution in [1.29, 1.82) is 0 Å². The molecule has 3 aromatic heterocycles. The van der Waals surface area contributed by atoms with Crippen LogP contribution >= 0.6 is 11.3 Å². The van der Waals surface area contributed by atoms with E-state index in [0.29, 0.717) is 17.6 Å².